The minimum absolute atomic E-state index is 0.0508. The lowest BCUT2D eigenvalue weighted by Crippen LogP contribution is -2.23. The summed E-state index contributed by atoms with van der Waals surface area (Å²) in [6.07, 6.45) is 0.0508. The van der Waals surface area contributed by atoms with Crippen molar-refractivity contribution in [1.29, 1.82) is 0 Å². The summed E-state index contributed by atoms with van der Waals surface area (Å²) in [5.74, 6) is 0.564. The van der Waals surface area contributed by atoms with Crippen molar-refractivity contribution in [2.75, 3.05) is 14.1 Å². The fourth-order valence-electron chi connectivity index (χ4n) is 1.27. The number of ether oxygens (including phenoxy) is 1. The third-order valence-corrected chi connectivity index (χ3v) is 2.43. The Morgan fingerprint density at radius 2 is 2.00 bits per heavy atom. The van der Waals surface area contributed by atoms with Gasteiger partial charge in [-0.15, -0.1) is 0 Å². The number of carbonyl (C=O) groups is 1. The molecule has 0 N–H and O–H groups in total. The van der Waals surface area contributed by atoms with E-state index in [4.69, 9.17) is 4.74 Å². The van der Waals surface area contributed by atoms with Crippen LogP contribution < -0.4 is 4.74 Å². The van der Waals surface area contributed by atoms with Crippen molar-refractivity contribution in [3.8, 4) is 5.75 Å². The molecule has 0 fully saturated rings. The second-order valence-electron chi connectivity index (χ2n) is 4.01. The van der Waals surface area contributed by atoms with Gasteiger partial charge in [-0.1, -0.05) is 15.9 Å². The fourth-order valence-corrected chi connectivity index (χ4v) is 1.63. The zero-order valence-corrected chi connectivity index (χ0v) is 11.5. The molecule has 0 saturated heterocycles. The van der Waals surface area contributed by atoms with Crippen molar-refractivity contribution in [3.63, 3.8) is 0 Å². The average Bonchev–Trinajstić information content (AvgIpc) is 2.18. The highest BCUT2D eigenvalue weighted by Crippen LogP contribution is 2.25. The van der Waals surface area contributed by atoms with Gasteiger partial charge in [0.05, 0.1) is 11.7 Å². The topological polar surface area (TPSA) is 29.5 Å². The normalized spacial score (nSPS) is 10.4. The van der Waals surface area contributed by atoms with Crippen LogP contribution in [0.2, 0.25) is 0 Å². The van der Waals surface area contributed by atoms with Crippen LogP contribution in [-0.2, 0) is 0 Å². The van der Waals surface area contributed by atoms with Crippen molar-refractivity contribution in [2.24, 2.45) is 0 Å². The molecule has 16 heavy (non-hydrogen) atoms. The van der Waals surface area contributed by atoms with Crippen LogP contribution in [-0.4, -0.2) is 31.0 Å². The summed E-state index contributed by atoms with van der Waals surface area (Å²) in [6, 6.07) is 5.45. The van der Waals surface area contributed by atoms with E-state index >= 15 is 0 Å². The van der Waals surface area contributed by atoms with Crippen molar-refractivity contribution >= 4 is 21.8 Å². The molecule has 0 heterocycles. The lowest BCUT2D eigenvalue weighted by Gasteiger charge is -2.16. The summed E-state index contributed by atoms with van der Waals surface area (Å²) in [5.41, 5.74) is 0.577. The van der Waals surface area contributed by atoms with E-state index in [9.17, 15) is 4.79 Å². The van der Waals surface area contributed by atoms with E-state index in [1.54, 1.807) is 26.2 Å². The van der Waals surface area contributed by atoms with Crippen LogP contribution in [0.3, 0.4) is 0 Å². The van der Waals surface area contributed by atoms with Gasteiger partial charge in [-0.2, -0.15) is 0 Å². The molecule has 88 valence electrons. The molecule has 0 radical (unpaired) electrons. The molecule has 0 aromatic heterocycles. The van der Waals surface area contributed by atoms with Crippen molar-refractivity contribution in [2.45, 2.75) is 20.0 Å². The maximum atomic E-state index is 11.9. The van der Waals surface area contributed by atoms with Gasteiger partial charge in [-0.05, 0) is 32.0 Å². The van der Waals surface area contributed by atoms with Gasteiger partial charge >= 0.3 is 0 Å². The second-order valence-corrected chi connectivity index (χ2v) is 4.92. The minimum Gasteiger partial charge on any atom is -0.490 e. The number of hydrogen-bond donors (Lipinski definition) is 0. The van der Waals surface area contributed by atoms with Crippen LogP contribution >= 0.6 is 15.9 Å². The van der Waals surface area contributed by atoms with Gasteiger partial charge < -0.3 is 9.64 Å². The highest BCUT2D eigenvalue weighted by Gasteiger charge is 2.15. The Balaban J connectivity index is 3.12. The van der Waals surface area contributed by atoms with Crippen LogP contribution in [0, 0.1) is 0 Å². The summed E-state index contributed by atoms with van der Waals surface area (Å²) in [6.45, 7) is 3.87. The van der Waals surface area contributed by atoms with Gasteiger partial charge in [0.1, 0.15) is 5.75 Å². The van der Waals surface area contributed by atoms with Crippen LogP contribution in [0.4, 0.5) is 0 Å². The van der Waals surface area contributed by atoms with Gasteiger partial charge in [-0.25, -0.2) is 0 Å². The molecular weight excluding hydrogens is 270 g/mol. The molecule has 0 spiro atoms. The quantitative estimate of drug-likeness (QED) is 0.855. The Labute approximate surface area is 105 Å². The number of hydrogen-bond acceptors (Lipinski definition) is 2. The highest BCUT2D eigenvalue weighted by atomic mass is 79.9. The molecular formula is C12H16BrNO2. The first kappa shape index (κ1) is 13.0. The molecule has 0 aliphatic rings. The van der Waals surface area contributed by atoms with Gasteiger partial charge in [0.25, 0.3) is 5.91 Å². The summed E-state index contributed by atoms with van der Waals surface area (Å²) in [7, 11) is 3.45. The Hall–Kier alpha value is -1.03. The molecule has 0 saturated carbocycles. The highest BCUT2D eigenvalue weighted by molar-refractivity contribution is 9.10. The Morgan fingerprint density at radius 1 is 1.38 bits per heavy atom. The fraction of sp³-hybridized carbons (Fsp3) is 0.417. The molecule has 1 aromatic rings. The van der Waals surface area contributed by atoms with E-state index in [0.29, 0.717) is 11.3 Å². The van der Waals surface area contributed by atoms with Crippen molar-refractivity contribution < 1.29 is 9.53 Å². The maximum Gasteiger partial charge on any atom is 0.257 e. The third kappa shape index (κ3) is 3.23. The van der Waals surface area contributed by atoms with Crippen LogP contribution in [0.1, 0.15) is 24.2 Å². The number of benzene rings is 1. The van der Waals surface area contributed by atoms with Crippen molar-refractivity contribution in [1.82, 2.24) is 4.90 Å². The SMILES string of the molecule is CC(C)Oc1ccc(Br)cc1C(=O)N(C)C. The molecule has 1 aromatic carbocycles. The molecule has 1 rings (SSSR count). The predicted molar refractivity (Wildman–Crippen MR) is 67.9 cm³/mol. The number of nitrogens with zero attached hydrogens (tertiary/aromatic N) is 1. The molecule has 1 amide bonds. The summed E-state index contributed by atoms with van der Waals surface area (Å²) in [4.78, 5) is 13.5. The van der Waals surface area contributed by atoms with Crippen LogP contribution in [0.15, 0.2) is 22.7 Å². The molecule has 0 aliphatic heterocycles. The summed E-state index contributed by atoms with van der Waals surface area (Å²) >= 11 is 3.35. The van der Waals surface area contributed by atoms with E-state index in [2.05, 4.69) is 15.9 Å². The first-order valence-corrected chi connectivity index (χ1v) is 5.89. The number of amides is 1. The van der Waals surface area contributed by atoms with E-state index in [1.807, 2.05) is 19.9 Å². The smallest absolute Gasteiger partial charge is 0.257 e. The van der Waals surface area contributed by atoms with Crippen LogP contribution in [0.25, 0.3) is 0 Å². The summed E-state index contributed by atoms with van der Waals surface area (Å²) < 4.78 is 6.47. The van der Waals surface area contributed by atoms with Crippen molar-refractivity contribution in [3.05, 3.63) is 28.2 Å². The lowest BCUT2D eigenvalue weighted by atomic mass is 10.2. The number of carbonyl (C=O) groups excluding carboxylic acids is 1. The van der Waals surface area contributed by atoms with Gasteiger partial charge in [0, 0.05) is 18.6 Å². The van der Waals surface area contributed by atoms with Gasteiger partial charge in [-0.3, -0.25) is 4.79 Å². The Bertz CT molecular complexity index is 389. The molecule has 0 atom stereocenters. The minimum atomic E-state index is -0.0584. The first-order valence-electron chi connectivity index (χ1n) is 5.09. The van der Waals surface area contributed by atoms with E-state index in [0.717, 1.165) is 4.47 Å². The zero-order valence-electron chi connectivity index (χ0n) is 9.95. The largest absolute Gasteiger partial charge is 0.490 e. The summed E-state index contributed by atoms with van der Waals surface area (Å²) in [5, 5.41) is 0. The number of rotatable bonds is 3. The van der Waals surface area contributed by atoms with E-state index in [-0.39, 0.29) is 12.0 Å². The monoisotopic (exact) mass is 285 g/mol. The molecule has 0 bridgehead atoms. The molecule has 0 unspecified atom stereocenters. The first-order chi connectivity index (χ1) is 7.41. The lowest BCUT2D eigenvalue weighted by molar-refractivity contribution is 0.0821. The average molecular weight is 286 g/mol. The predicted octanol–water partition coefficient (Wildman–Crippen LogP) is 2.94. The molecule has 0 aliphatic carbocycles. The Kier molecular flexibility index (Phi) is 4.35. The molecule has 3 nitrogen and oxygen atoms in total. The van der Waals surface area contributed by atoms with E-state index < -0.39 is 0 Å². The zero-order chi connectivity index (χ0) is 12.3. The maximum absolute atomic E-state index is 11.9. The standard InChI is InChI=1S/C12H16BrNO2/c1-8(2)16-11-6-5-9(13)7-10(11)12(15)14(3)4/h5-8H,1-4H3. The number of halogens is 1. The Morgan fingerprint density at radius 3 is 2.50 bits per heavy atom. The molecule has 4 heteroatoms. The van der Waals surface area contributed by atoms with E-state index in [1.165, 1.54) is 4.90 Å². The second kappa shape index (κ2) is 5.34. The van der Waals surface area contributed by atoms with Crippen LogP contribution in [0.5, 0.6) is 5.75 Å². The third-order valence-electron chi connectivity index (χ3n) is 1.94. The van der Waals surface area contributed by atoms with Gasteiger partial charge in [0.2, 0.25) is 0 Å². The van der Waals surface area contributed by atoms with Gasteiger partial charge in [0.15, 0.2) is 0 Å².